The van der Waals surface area contributed by atoms with Crippen molar-refractivity contribution >= 4 is 11.6 Å². The lowest BCUT2D eigenvalue weighted by molar-refractivity contribution is 0.227. The van der Waals surface area contributed by atoms with Crippen molar-refractivity contribution < 1.29 is 9.47 Å². The van der Waals surface area contributed by atoms with Gasteiger partial charge in [-0.15, -0.1) is 6.42 Å². The van der Waals surface area contributed by atoms with Crippen LogP contribution in [0.3, 0.4) is 0 Å². The lowest BCUT2D eigenvalue weighted by Gasteiger charge is -2.18. The molecule has 3 nitrogen and oxygen atoms in total. The topological polar surface area (TPSA) is 30.5 Å². The Kier molecular flexibility index (Phi) is 5.84. The van der Waals surface area contributed by atoms with Gasteiger partial charge < -0.3 is 14.8 Å². The standard InChI is InChI=1S/C14H18ClNO2/c1-5-6-16-9-11-7-12(15)8-13(17-4)14(11)18-10(2)3/h1,7-8,10,16H,6,9H2,2-4H3. The zero-order valence-electron chi connectivity index (χ0n) is 10.9. The van der Waals surface area contributed by atoms with Crippen LogP contribution < -0.4 is 14.8 Å². The molecule has 0 heterocycles. The van der Waals surface area contributed by atoms with Crippen molar-refractivity contribution in [1.82, 2.24) is 5.32 Å². The molecular formula is C14H18ClNO2. The molecule has 0 saturated heterocycles. The van der Waals surface area contributed by atoms with E-state index in [1.165, 1.54) is 0 Å². The minimum atomic E-state index is 0.0615. The predicted octanol–water partition coefficient (Wildman–Crippen LogP) is 2.86. The van der Waals surface area contributed by atoms with E-state index in [0.29, 0.717) is 29.6 Å². The molecule has 0 atom stereocenters. The van der Waals surface area contributed by atoms with E-state index < -0.39 is 0 Å². The Bertz CT molecular complexity index is 438. The lowest BCUT2D eigenvalue weighted by Crippen LogP contribution is -2.16. The maximum absolute atomic E-state index is 6.05. The second-order valence-corrected chi connectivity index (χ2v) is 4.51. The van der Waals surface area contributed by atoms with Crippen LogP contribution in [0.1, 0.15) is 19.4 Å². The molecule has 0 spiro atoms. The Labute approximate surface area is 113 Å². The van der Waals surface area contributed by atoms with Crippen LogP contribution in [0.15, 0.2) is 12.1 Å². The molecule has 0 aliphatic carbocycles. The number of terminal acetylenes is 1. The zero-order valence-corrected chi connectivity index (χ0v) is 11.7. The van der Waals surface area contributed by atoms with Gasteiger partial charge in [-0.05, 0) is 19.9 Å². The van der Waals surface area contributed by atoms with Gasteiger partial charge in [0, 0.05) is 23.2 Å². The van der Waals surface area contributed by atoms with Crippen molar-refractivity contribution in [2.24, 2.45) is 0 Å². The normalized spacial score (nSPS) is 10.2. The number of hydrogen-bond acceptors (Lipinski definition) is 3. The van der Waals surface area contributed by atoms with Gasteiger partial charge >= 0.3 is 0 Å². The number of halogens is 1. The summed E-state index contributed by atoms with van der Waals surface area (Å²) in [6, 6.07) is 3.59. The Morgan fingerprint density at radius 1 is 1.44 bits per heavy atom. The summed E-state index contributed by atoms with van der Waals surface area (Å²) in [6.45, 7) is 5.01. The molecule has 1 aromatic carbocycles. The Balaban J connectivity index is 3.03. The highest BCUT2D eigenvalue weighted by Crippen LogP contribution is 2.35. The van der Waals surface area contributed by atoms with Crippen LogP contribution in [0.5, 0.6) is 11.5 Å². The first-order valence-corrected chi connectivity index (χ1v) is 6.13. The third-order valence-corrected chi connectivity index (χ3v) is 2.43. The minimum Gasteiger partial charge on any atom is -0.493 e. The first-order chi connectivity index (χ1) is 8.58. The van der Waals surface area contributed by atoms with Crippen molar-refractivity contribution in [3.05, 3.63) is 22.7 Å². The Morgan fingerprint density at radius 3 is 2.72 bits per heavy atom. The average Bonchev–Trinajstić information content (AvgIpc) is 2.31. The number of benzene rings is 1. The van der Waals surface area contributed by atoms with E-state index in [9.17, 15) is 0 Å². The number of ether oxygens (including phenoxy) is 2. The number of hydrogen-bond donors (Lipinski definition) is 1. The van der Waals surface area contributed by atoms with E-state index in [4.69, 9.17) is 27.5 Å². The van der Waals surface area contributed by atoms with Gasteiger partial charge in [-0.25, -0.2) is 0 Å². The highest BCUT2D eigenvalue weighted by molar-refractivity contribution is 6.30. The summed E-state index contributed by atoms with van der Waals surface area (Å²) < 4.78 is 11.1. The number of methoxy groups -OCH3 is 1. The first-order valence-electron chi connectivity index (χ1n) is 5.75. The molecule has 0 bridgehead atoms. The molecule has 0 saturated carbocycles. The molecule has 1 aromatic rings. The summed E-state index contributed by atoms with van der Waals surface area (Å²) in [6.07, 6.45) is 5.26. The van der Waals surface area contributed by atoms with Gasteiger partial charge in [-0.3, -0.25) is 0 Å². The minimum absolute atomic E-state index is 0.0615. The fourth-order valence-corrected chi connectivity index (χ4v) is 1.78. The first kappa shape index (κ1) is 14.7. The van der Waals surface area contributed by atoms with Crippen LogP contribution in [0.25, 0.3) is 0 Å². The Morgan fingerprint density at radius 2 is 2.17 bits per heavy atom. The van der Waals surface area contributed by atoms with Gasteiger partial charge in [0.2, 0.25) is 0 Å². The molecule has 1 N–H and O–H groups in total. The fourth-order valence-electron chi connectivity index (χ4n) is 1.54. The third kappa shape index (κ3) is 4.14. The maximum atomic E-state index is 6.05. The molecular weight excluding hydrogens is 250 g/mol. The quantitative estimate of drug-likeness (QED) is 0.635. The SMILES string of the molecule is C#CCNCc1cc(Cl)cc(OC)c1OC(C)C. The highest BCUT2D eigenvalue weighted by Gasteiger charge is 2.13. The molecule has 0 aromatic heterocycles. The second-order valence-electron chi connectivity index (χ2n) is 4.07. The van der Waals surface area contributed by atoms with Gasteiger partial charge in [-0.2, -0.15) is 0 Å². The third-order valence-electron chi connectivity index (χ3n) is 2.21. The van der Waals surface area contributed by atoms with E-state index in [1.807, 2.05) is 19.9 Å². The number of nitrogens with one attached hydrogen (secondary N) is 1. The van der Waals surface area contributed by atoms with Gasteiger partial charge in [-0.1, -0.05) is 17.5 Å². The summed E-state index contributed by atoms with van der Waals surface area (Å²) in [5.41, 5.74) is 0.934. The smallest absolute Gasteiger partial charge is 0.166 e. The molecule has 0 aliphatic heterocycles. The lowest BCUT2D eigenvalue weighted by atomic mass is 10.1. The Hall–Kier alpha value is -1.37. The largest absolute Gasteiger partial charge is 0.493 e. The summed E-state index contributed by atoms with van der Waals surface area (Å²) in [5.74, 6) is 3.87. The van der Waals surface area contributed by atoms with E-state index in [2.05, 4.69) is 11.2 Å². The monoisotopic (exact) mass is 267 g/mol. The van der Waals surface area contributed by atoms with E-state index in [1.54, 1.807) is 13.2 Å². The molecule has 0 unspecified atom stereocenters. The summed E-state index contributed by atoms with van der Waals surface area (Å²) in [7, 11) is 1.59. The predicted molar refractivity (Wildman–Crippen MR) is 74.3 cm³/mol. The van der Waals surface area contributed by atoms with Crippen molar-refractivity contribution in [1.29, 1.82) is 0 Å². The molecule has 18 heavy (non-hydrogen) atoms. The summed E-state index contributed by atoms with van der Waals surface area (Å²) in [4.78, 5) is 0. The van der Waals surface area contributed by atoms with Gasteiger partial charge in [0.1, 0.15) is 0 Å². The molecule has 0 radical (unpaired) electrons. The molecule has 4 heteroatoms. The van der Waals surface area contributed by atoms with Crippen molar-refractivity contribution in [2.75, 3.05) is 13.7 Å². The van der Waals surface area contributed by atoms with Crippen molar-refractivity contribution in [3.63, 3.8) is 0 Å². The molecule has 0 amide bonds. The highest BCUT2D eigenvalue weighted by atomic mass is 35.5. The molecule has 98 valence electrons. The van der Waals surface area contributed by atoms with Crippen LogP contribution in [-0.2, 0) is 6.54 Å². The molecule has 0 aliphatic rings. The zero-order chi connectivity index (χ0) is 13.5. The van der Waals surface area contributed by atoms with Crippen LogP contribution in [0.4, 0.5) is 0 Å². The number of rotatable bonds is 6. The van der Waals surface area contributed by atoms with Gasteiger partial charge in [0.15, 0.2) is 11.5 Å². The van der Waals surface area contributed by atoms with Crippen molar-refractivity contribution in [2.45, 2.75) is 26.5 Å². The van der Waals surface area contributed by atoms with Crippen LogP contribution in [-0.4, -0.2) is 19.8 Å². The van der Waals surface area contributed by atoms with Crippen molar-refractivity contribution in [3.8, 4) is 23.8 Å². The van der Waals surface area contributed by atoms with Crippen LogP contribution >= 0.6 is 11.6 Å². The summed E-state index contributed by atoms with van der Waals surface area (Å²) >= 11 is 6.05. The van der Waals surface area contributed by atoms with Crippen LogP contribution in [0, 0.1) is 12.3 Å². The molecule has 1 rings (SSSR count). The van der Waals surface area contributed by atoms with Gasteiger partial charge in [0.05, 0.1) is 19.8 Å². The van der Waals surface area contributed by atoms with Gasteiger partial charge in [0.25, 0.3) is 0 Å². The summed E-state index contributed by atoms with van der Waals surface area (Å²) in [5, 5.41) is 3.72. The van der Waals surface area contributed by atoms with E-state index in [0.717, 1.165) is 5.56 Å². The van der Waals surface area contributed by atoms with E-state index in [-0.39, 0.29) is 6.10 Å². The fraction of sp³-hybridized carbons (Fsp3) is 0.429. The molecule has 0 fully saturated rings. The van der Waals surface area contributed by atoms with Crippen LogP contribution in [0.2, 0.25) is 5.02 Å². The average molecular weight is 268 g/mol. The van der Waals surface area contributed by atoms with E-state index >= 15 is 0 Å². The maximum Gasteiger partial charge on any atom is 0.166 e. The second kappa shape index (κ2) is 7.15.